The third-order valence-corrected chi connectivity index (χ3v) is 1.27. The van der Waals surface area contributed by atoms with Crippen molar-refractivity contribution < 1.29 is 9.53 Å². The van der Waals surface area contributed by atoms with Gasteiger partial charge < -0.3 is 4.74 Å². The first-order valence-corrected chi connectivity index (χ1v) is 2.61. The summed E-state index contributed by atoms with van der Waals surface area (Å²) in [7, 11) is 0. The van der Waals surface area contributed by atoms with Crippen molar-refractivity contribution in [2.75, 3.05) is 6.61 Å². The molecule has 0 aliphatic carbocycles. The van der Waals surface area contributed by atoms with E-state index in [4.69, 9.17) is 4.74 Å². The van der Waals surface area contributed by atoms with Crippen molar-refractivity contribution in [3.05, 3.63) is 11.6 Å². The third kappa shape index (κ3) is 0.793. The van der Waals surface area contributed by atoms with Gasteiger partial charge >= 0.3 is 0 Å². The zero-order valence-corrected chi connectivity index (χ0v) is 4.76. The molecule has 1 aliphatic heterocycles. The second kappa shape index (κ2) is 2.09. The van der Waals surface area contributed by atoms with Gasteiger partial charge in [0.25, 0.3) is 0 Å². The van der Waals surface area contributed by atoms with E-state index in [0.717, 1.165) is 11.9 Å². The maximum Gasteiger partial charge on any atom is 0.148 e. The van der Waals surface area contributed by atoms with E-state index in [-0.39, 0.29) is 6.10 Å². The van der Waals surface area contributed by atoms with E-state index in [1.54, 1.807) is 6.08 Å². The molecular formula is C6H8O2. The molecule has 1 heterocycles. The Kier molecular flexibility index (Phi) is 1.44. The van der Waals surface area contributed by atoms with Crippen LogP contribution in [0.2, 0.25) is 0 Å². The lowest BCUT2D eigenvalue weighted by molar-refractivity contribution is -0.105. The lowest BCUT2D eigenvalue weighted by Gasteiger charge is -1.99. The Balaban J connectivity index is 2.62. The fraction of sp³-hybridized carbons (Fsp3) is 0.500. The maximum absolute atomic E-state index is 10.1. The largest absolute Gasteiger partial charge is 0.370 e. The van der Waals surface area contributed by atoms with Crippen LogP contribution in [0.25, 0.3) is 0 Å². The normalized spacial score (nSPS) is 27.6. The van der Waals surface area contributed by atoms with Crippen LogP contribution in [0.4, 0.5) is 0 Å². The van der Waals surface area contributed by atoms with Gasteiger partial charge in [0, 0.05) is 5.57 Å². The maximum atomic E-state index is 10.1. The number of aldehydes is 1. The molecule has 0 aromatic carbocycles. The molecule has 1 atom stereocenters. The van der Waals surface area contributed by atoms with E-state index in [0.29, 0.717) is 6.61 Å². The number of hydrogen-bond donors (Lipinski definition) is 0. The Bertz CT molecular complexity index is 126. The van der Waals surface area contributed by atoms with Gasteiger partial charge in [-0.15, -0.1) is 0 Å². The van der Waals surface area contributed by atoms with Crippen molar-refractivity contribution in [3.63, 3.8) is 0 Å². The lowest BCUT2D eigenvalue weighted by Crippen LogP contribution is -2.03. The predicted octanol–water partition coefficient (Wildman–Crippen LogP) is 0.530. The molecule has 0 saturated carbocycles. The van der Waals surface area contributed by atoms with Gasteiger partial charge in [-0.3, -0.25) is 4.79 Å². The minimum atomic E-state index is 0.0208. The molecule has 44 valence electrons. The first-order chi connectivity index (χ1) is 3.84. The van der Waals surface area contributed by atoms with Crippen molar-refractivity contribution >= 4 is 6.29 Å². The monoisotopic (exact) mass is 112 g/mol. The molecule has 0 aromatic rings. The summed E-state index contributed by atoms with van der Waals surface area (Å²) < 4.78 is 5.03. The number of carbonyl (C=O) groups is 1. The topological polar surface area (TPSA) is 26.3 Å². The average Bonchev–Trinajstić information content (AvgIpc) is 2.14. The number of ether oxygens (including phenoxy) is 1. The molecular weight excluding hydrogens is 104 g/mol. The summed E-state index contributed by atoms with van der Waals surface area (Å²) in [5.41, 5.74) is 0.769. The van der Waals surface area contributed by atoms with Gasteiger partial charge in [0.1, 0.15) is 6.29 Å². The van der Waals surface area contributed by atoms with Gasteiger partial charge in [-0.05, 0) is 13.0 Å². The molecule has 0 amide bonds. The molecule has 0 N–H and O–H groups in total. The summed E-state index contributed by atoms with van der Waals surface area (Å²) >= 11 is 0. The Morgan fingerprint density at radius 2 is 2.75 bits per heavy atom. The van der Waals surface area contributed by atoms with Gasteiger partial charge in [-0.25, -0.2) is 0 Å². The van der Waals surface area contributed by atoms with Crippen LogP contribution in [-0.4, -0.2) is 19.0 Å². The smallest absolute Gasteiger partial charge is 0.148 e. The zero-order chi connectivity index (χ0) is 5.98. The highest BCUT2D eigenvalue weighted by atomic mass is 16.5. The van der Waals surface area contributed by atoms with Crippen LogP contribution in [0.3, 0.4) is 0 Å². The van der Waals surface area contributed by atoms with Crippen LogP contribution in [0.5, 0.6) is 0 Å². The molecule has 1 aliphatic rings. The number of carbonyl (C=O) groups excluding carboxylic acids is 1. The molecule has 0 bridgehead atoms. The van der Waals surface area contributed by atoms with Crippen molar-refractivity contribution in [2.24, 2.45) is 0 Å². The van der Waals surface area contributed by atoms with Gasteiger partial charge in [-0.2, -0.15) is 0 Å². The van der Waals surface area contributed by atoms with E-state index in [1.807, 2.05) is 6.92 Å². The Hall–Kier alpha value is -0.630. The summed E-state index contributed by atoms with van der Waals surface area (Å²) in [6, 6.07) is 0. The number of hydrogen-bond acceptors (Lipinski definition) is 2. The fourth-order valence-corrected chi connectivity index (χ4v) is 0.695. The van der Waals surface area contributed by atoms with Gasteiger partial charge in [0.2, 0.25) is 0 Å². The van der Waals surface area contributed by atoms with Crippen LogP contribution in [0.15, 0.2) is 11.6 Å². The van der Waals surface area contributed by atoms with Crippen molar-refractivity contribution in [1.82, 2.24) is 0 Å². The molecule has 0 spiro atoms. The Morgan fingerprint density at radius 1 is 2.00 bits per heavy atom. The molecule has 0 saturated heterocycles. The van der Waals surface area contributed by atoms with E-state index in [1.165, 1.54) is 0 Å². The molecule has 2 nitrogen and oxygen atoms in total. The van der Waals surface area contributed by atoms with Crippen LogP contribution >= 0.6 is 0 Å². The van der Waals surface area contributed by atoms with Crippen LogP contribution in [-0.2, 0) is 9.53 Å². The van der Waals surface area contributed by atoms with Gasteiger partial charge in [-0.1, -0.05) is 0 Å². The second-order valence-electron chi connectivity index (χ2n) is 1.80. The fourth-order valence-electron chi connectivity index (χ4n) is 0.695. The predicted molar refractivity (Wildman–Crippen MR) is 29.6 cm³/mol. The van der Waals surface area contributed by atoms with Gasteiger partial charge in [0.15, 0.2) is 0 Å². The number of rotatable bonds is 1. The van der Waals surface area contributed by atoms with Crippen molar-refractivity contribution in [1.29, 1.82) is 0 Å². The molecule has 8 heavy (non-hydrogen) atoms. The SMILES string of the molecule is C[C@@H]1OCC=C1C=O. The highest BCUT2D eigenvalue weighted by molar-refractivity contribution is 5.75. The summed E-state index contributed by atoms with van der Waals surface area (Å²) in [4.78, 5) is 10.1. The minimum Gasteiger partial charge on any atom is -0.370 e. The average molecular weight is 112 g/mol. The van der Waals surface area contributed by atoms with Crippen molar-refractivity contribution in [3.8, 4) is 0 Å². The highest BCUT2D eigenvalue weighted by Crippen LogP contribution is 2.09. The molecule has 2 heteroatoms. The summed E-state index contributed by atoms with van der Waals surface area (Å²) in [6.07, 6.45) is 2.67. The Labute approximate surface area is 48.1 Å². The third-order valence-electron chi connectivity index (χ3n) is 1.27. The van der Waals surface area contributed by atoms with E-state index >= 15 is 0 Å². The van der Waals surface area contributed by atoms with E-state index < -0.39 is 0 Å². The van der Waals surface area contributed by atoms with Crippen LogP contribution < -0.4 is 0 Å². The standard InChI is InChI=1S/C6H8O2/c1-5-6(4-7)2-3-8-5/h2,4-5H,3H2,1H3/t5-/m0/s1. The van der Waals surface area contributed by atoms with Crippen LogP contribution in [0, 0.1) is 0 Å². The first kappa shape index (κ1) is 5.51. The van der Waals surface area contributed by atoms with E-state index in [9.17, 15) is 4.79 Å². The quantitative estimate of drug-likeness (QED) is 0.462. The Morgan fingerprint density at radius 3 is 3.00 bits per heavy atom. The lowest BCUT2D eigenvalue weighted by atomic mass is 10.2. The minimum absolute atomic E-state index is 0.0208. The molecule has 1 rings (SSSR count). The van der Waals surface area contributed by atoms with Crippen molar-refractivity contribution in [2.45, 2.75) is 13.0 Å². The molecule has 0 radical (unpaired) electrons. The first-order valence-electron chi connectivity index (χ1n) is 2.61. The second-order valence-corrected chi connectivity index (χ2v) is 1.80. The van der Waals surface area contributed by atoms with E-state index in [2.05, 4.69) is 0 Å². The highest BCUT2D eigenvalue weighted by Gasteiger charge is 2.12. The van der Waals surface area contributed by atoms with Gasteiger partial charge in [0.05, 0.1) is 12.7 Å². The van der Waals surface area contributed by atoms with Crippen LogP contribution in [0.1, 0.15) is 6.92 Å². The summed E-state index contributed by atoms with van der Waals surface area (Å²) in [5, 5.41) is 0. The molecule has 0 aromatic heterocycles. The summed E-state index contributed by atoms with van der Waals surface area (Å²) in [5.74, 6) is 0. The summed E-state index contributed by atoms with van der Waals surface area (Å²) in [6.45, 7) is 2.46. The zero-order valence-electron chi connectivity index (χ0n) is 4.76. The molecule has 0 fully saturated rings. The molecule has 0 unspecified atom stereocenters.